The Kier molecular flexibility index (Phi) is 5.27. The van der Waals surface area contributed by atoms with Crippen LogP contribution in [0.25, 0.3) is 0 Å². The zero-order chi connectivity index (χ0) is 19.0. The van der Waals surface area contributed by atoms with Crippen LogP contribution in [-0.4, -0.2) is 65.4 Å². The highest BCUT2D eigenvalue weighted by Crippen LogP contribution is 2.37. The van der Waals surface area contributed by atoms with Crippen LogP contribution in [0.2, 0.25) is 0 Å². The number of hydrogen-bond donors (Lipinski definition) is 1. The zero-order valence-corrected chi connectivity index (χ0v) is 16.6. The van der Waals surface area contributed by atoms with E-state index in [1.807, 2.05) is 17.2 Å². The fraction of sp³-hybridized carbons (Fsp3) is 0.684. The van der Waals surface area contributed by atoms with E-state index >= 15 is 0 Å². The van der Waals surface area contributed by atoms with Gasteiger partial charge in [-0.15, -0.1) is 11.3 Å². The molecule has 1 aliphatic carbocycles. The average molecular weight is 392 g/mol. The van der Waals surface area contributed by atoms with Crippen molar-refractivity contribution in [2.45, 2.75) is 39.0 Å². The van der Waals surface area contributed by atoms with Crippen LogP contribution < -0.4 is 4.90 Å². The molecule has 2 aliphatic heterocycles. The van der Waals surface area contributed by atoms with E-state index in [-0.39, 0.29) is 29.6 Å². The standard InChI is InChI=1S/C19H26N4O3S/c1-13-11-27-16(20-13)10-17(24)22-8-6-21(7-9-22)12-23-18(25)14-4-2-3-5-15(14)19(23)26/h11,14-15H,2-10,12H2,1H3/p+1/t14-,15-/m1/s1. The van der Waals surface area contributed by atoms with E-state index in [1.165, 1.54) is 21.1 Å². The molecule has 8 heteroatoms. The van der Waals surface area contributed by atoms with E-state index in [9.17, 15) is 14.4 Å². The SMILES string of the molecule is Cc1csc(CC(=O)N2CC[NH+](CN3C(=O)[C@@H]4CCCC[C@H]4C3=O)CC2)n1. The van der Waals surface area contributed by atoms with E-state index in [0.29, 0.717) is 26.2 Å². The zero-order valence-electron chi connectivity index (χ0n) is 15.8. The molecule has 1 saturated carbocycles. The smallest absolute Gasteiger partial charge is 0.237 e. The van der Waals surface area contributed by atoms with Crippen LogP contribution in [0.1, 0.15) is 36.4 Å². The first-order valence-electron chi connectivity index (χ1n) is 9.90. The fourth-order valence-corrected chi connectivity index (χ4v) is 5.33. The number of fused-ring (bicyclic) bond motifs is 1. The third kappa shape index (κ3) is 3.78. The van der Waals surface area contributed by atoms with E-state index in [0.717, 1.165) is 49.5 Å². The maximum Gasteiger partial charge on any atom is 0.237 e. The molecule has 1 N–H and O–H groups in total. The molecule has 7 nitrogen and oxygen atoms in total. The van der Waals surface area contributed by atoms with Gasteiger partial charge in [0.1, 0.15) is 5.01 Å². The summed E-state index contributed by atoms with van der Waals surface area (Å²) >= 11 is 1.53. The van der Waals surface area contributed by atoms with Crippen LogP contribution >= 0.6 is 11.3 Å². The van der Waals surface area contributed by atoms with Gasteiger partial charge in [0.05, 0.1) is 44.4 Å². The number of imide groups is 1. The van der Waals surface area contributed by atoms with Gasteiger partial charge in [0.25, 0.3) is 0 Å². The number of piperazine rings is 1. The largest absolute Gasteiger partial charge is 0.331 e. The summed E-state index contributed by atoms with van der Waals surface area (Å²) in [5, 5.41) is 2.83. The lowest BCUT2D eigenvalue weighted by Gasteiger charge is -2.33. The van der Waals surface area contributed by atoms with Gasteiger partial charge in [-0.25, -0.2) is 9.88 Å². The number of aryl methyl sites for hydroxylation is 1. The van der Waals surface area contributed by atoms with E-state index in [1.54, 1.807) is 0 Å². The predicted octanol–water partition coefficient (Wildman–Crippen LogP) is -0.146. The molecular weight excluding hydrogens is 364 g/mol. The lowest BCUT2D eigenvalue weighted by molar-refractivity contribution is -0.911. The van der Waals surface area contributed by atoms with E-state index < -0.39 is 0 Å². The Morgan fingerprint density at radius 2 is 1.81 bits per heavy atom. The number of likely N-dealkylation sites (tertiary alicyclic amines) is 1. The maximum atomic E-state index is 12.6. The molecule has 146 valence electrons. The van der Waals surface area contributed by atoms with Gasteiger partial charge in [0, 0.05) is 11.1 Å². The molecule has 1 aromatic heterocycles. The fourth-order valence-electron chi connectivity index (χ4n) is 4.57. The minimum atomic E-state index is -0.0738. The van der Waals surface area contributed by atoms with Gasteiger partial charge in [-0.05, 0) is 19.8 Å². The Balaban J connectivity index is 1.29. The number of amides is 3. The predicted molar refractivity (Wildman–Crippen MR) is 100.0 cm³/mol. The van der Waals surface area contributed by atoms with E-state index in [4.69, 9.17) is 0 Å². The Morgan fingerprint density at radius 3 is 2.37 bits per heavy atom. The summed E-state index contributed by atoms with van der Waals surface area (Å²) in [4.78, 5) is 46.7. The third-order valence-corrected chi connectivity index (χ3v) is 7.07. The summed E-state index contributed by atoms with van der Waals surface area (Å²) in [6.45, 7) is 5.27. The van der Waals surface area contributed by atoms with Crippen molar-refractivity contribution < 1.29 is 19.3 Å². The average Bonchev–Trinajstić information content (AvgIpc) is 3.19. The summed E-state index contributed by atoms with van der Waals surface area (Å²) < 4.78 is 0. The highest BCUT2D eigenvalue weighted by molar-refractivity contribution is 7.09. The van der Waals surface area contributed by atoms with Gasteiger partial charge in [0.2, 0.25) is 17.7 Å². The number of carbonyl (C=O) groups excluding carboxylic acids is 3. The number of rotatable bonds is 4. The van der Waals surface area contributed by atoms with Crippen molar-refractivity contribution >= 4 is 29.1 Å². The second kappa shape index (κ2) is 7.67. The Bertz CT molecular complexity index is 717. The van der Waals surface area contributed by atoms with Crippen molar-refractivity contribution in [3.05, 3.63) is 16.1 Å². The third-order valence-electron chi connectivity index (χ3n) is 6.11. The molecular formula is C19H27N4O3S+. The van der Waals surface area contributed by atoms with Crippen molar-refractivity contribution in [2.24, 2.45) is 11.8 Å². The molecule has 2 atom stereocenters. The van der Waals surface area contributed by atoms with Gasteiger partial charge < -0.3 is 9.80 Å². The first kappa shape index (κ1) is 18.6. The number of carbonyl (C=O) groups is 3. The molecule has 0 bridgehead atoms. The van der Waals surface area contributed by atoms with Gasteiger partial charge in [0.15, 0.2) is 6.67 Å². The number of nitrogens with one attached hydrogen (secondary N) is 1. The van der Waals surface area contributed by atoms with E-state index in [2.05, 4.69) is 4.98 Å². The second-order valence-corrected chi connectivity index (χ2v) is 8.89. The molecule has 2 saturated heterocycles. The van der Waals surface area contributed by atoms with Gasteiger partial charge in [-0.1, -0.05) is 12.8 Å². The van der Waals surface area contributed by atoms with Crippen LogP contribution in [0.3, 0.4) is 0 Å². The quantitative estimate of drug-likeness (QED) is 0.725. The molecule has 0 aromatic carbocycles. The molecule has 27 heavy (non-hydrogen) atoms. The summed E-state index contributed by atoms with van der Waals surface area (Å²) in [6, 6.07) is 0. The lowest BCUT2D eigenvalue weighted by atomic mass is 9.81. The molecule has 4 rings (SSSR count). The minimum absolute atomic E-state index is 0.0369. The van der Waals surface area contributed by atoms with Gasteiger partial charge in [-0.3, -0.25) is 14.4 Å². The Hall–Kier alpha value is -1.80. The number of thiazole rings is 1. The van der Waals surface area contributed by atoms with Gasteiger partial charge in [-0.2, -0.15) is 0 Å². The van der Waals surface area contributed by atoms with Crippen LogP contribution in [0.4, 0.5) is 0 Å². The Morgan fingerprint density at radius 1 is 1.19 bits per heavy atom. The summed E-state index contributed by atoms with van der Waals surface area (Å²) in [7, 11) is 0. The van der Waals surface area contributed by atoms with Crippen LogP contribution in [0, 0.1) is 18.8 Å². The van der Waals surface area contributed by atoms with Crippen molar-refractivity contribution in [3.8, 4) is 0 Å². The number of quaternary nitrogens is 1. The Labute approximate surface area is 163 Å². The monoisotopic (exact) mass is 391 g/mol. The summed E-state index contributed by atoms with van der Waals surface area (Å²) in [5.74, 6) is 0.0398. The minimum Gasteiger partial charge on any atom is -0.331 e. The number of hydrogen-bond acceptors (Lipinski definition) is 5. The highest BCUT2D eigenvalue weighted by atomic mass is 32.1. The van der Waals surface area contributed by atoms with Crippen molar-refractivity contribution in [3.63, 3.8) is 0 Å². The van der Waals surface area contributed by atoms with Crippen LogP contribution in [-0.2, 0) is 20.8 Å². The molecule has 3 fully saturated rings. The summed E-state index contributed by atoms with van der Waals surface area (Å²) in [6.07, 6.45) is 4.19. The molecule has 0 unspecified atom stereocenters. The first-order chi connectivity index (χ1) is 13.0. The second-order valence-electron chi connectivity index (χ2n) is 7.95. The van der Waals surface area contributed by atoms with Crippen LogP contribution in [0.5, 0.6) is 0 Å². The molecule has 3 heterocycles. The van der Waals surface area contributed by atoms with Crippen molar-refractivity contribution in [2.75, 3.05) is 32.8 Å². The molecule has 3 amide bonds. The molecule has 0 radical (unpaired) electrons. The highest BCUT2D eigenvalue weighted by Gasteiger charge is 2.49. The van der Waals surface area contributed by atoms with Gasteiger partial charge >= 0.3 is 0 Å². The number of aromatic nitrogens is 1. The van der Waals surface area contributed by atoms with Crippen molar-refractivity contribution in [1.82, 2.24) is 14.8 Å². The normalized spacial score (nSPS) is 26.6. The first-order valence-corrected chi connectivity index (χ1v) is 10.8. The number of nitrogens with zero attached hydrogens (tertiary/aromatic N) is 3. The lowest BCUT2D eigenvalue weighted by Crippen LogP contribution is -3.16. The topological polar surface area (TPSA) is 75.0 Å². The molecule has 1 aromatic rings. The molecule has 0 spiro atoms. The summed E-state index contributed by atoms with van der Waals surface area (Å²) in [5.41, 5.74) is 0.956. The van der Waals surface area contributed by atoms with Crippen LogP contribution in [0.15, 0.2) is 5.38 Å². The van der Waals surface area contributed by atoms with Crippen molar-refractivity contribution in [1.29, 1.82) is 0 Å². The maximum absolute atomic E-state index is 12.6. The molecule has 3 aliphatic rings.